The quantitative estimate of drug-likeness (QED) is 0.573. The Kier molecular flexibility index (Phi) is 6.51. The van der Waals surface area contributed by atoms with Gasteiger partial charge in [-0.3, -0.25) is 4.90 Å². The lowest BCUT2D eigenvalue weighted by Gasteiger charge is -2.51. The van der Waals surface area contributed by atoms with Crippen LogP contribution in [0.2, 0.25) is 0 Å². The van der Waals surface area contributed by atoms with Crippen LogP contribution in [0, 0.1) is 6.92 Å². The monoisotopic (exact) mass is 520 g/mol. The molecule has 38 heavy (non-hydrogen) atoms. The van der Waals surface area contributed by atoms with Gasteiger partial charge in [-0.05, 0) is 82.2 Å². The van der Waals surface area contributed by atoms with Crippen LogP contribution in [0.1, 0.15) is 80.7 Å². The third-order valence-corrected chi connectivity index (χ3v) is 8.35. The Morgan fingerprint density at radius 2 is 1.84 bits per heavy atom. The second-order valence-electron chi connectivity index (χ2n) is 12.3. The highest BCUT2D eigenvalue weighted by molar-refractivity contribution is 5.72. The Labute approximate surface area is 225 Å². The number of hydrogen-bond donors (Lipinski definition) is 1. The number of carbonyl (C=O) groups excluding carboxylic acids is 1. The zero-order valence-electron chi connectivity index (χ0n) is 23.3. The fourth-order valence-corrected chi connectivity index (χ4v) is 6.21. The zero-order valence-corrected chi connectivity index (χ0v) is 23.3. The average molecular weight is 521 g/mol. The summed E-state index contributed by atoms with van der Waals surface area (Å²) >= 11 is 0. The standard InChI is InChI=1S/C30H40N4O4/c1-18-12-21(22-14-33(15-22)23-16-34(17-23)29(35)38-30(3,4)5)13-25-27(18)37-19(2)26-24(6-9-31-28(26)32-25)20-7-10-36-11-8-20/h6,9,12-13,19-20,22-23H,7-8,10-11,14-17H2,1-5H3,(H,31,32)/t19-/m0/s1. The van der Waals surface area contributed by atoms with Gasteiger partial charge in [0, 0.05) is 63.1 Å². The first kappa shape index (κ1) is 25.4. The van der Waals surface area contributed by atoms with E-state index in [0.29, 0.717) is 17.9 Å². The summed E-state index contributed by atoms with van der Waals surface area (Å²) in [7, 11) is 0. The molecule has 1 aromatic heterocycles. The number of nitrogens with zero attached hydrogens (tertiary/aromatic N) is 3. The van der Waals surface area contributed by atoms with E-state index in [9.17, 15) is 4.79 Å². The Hall–Kier alpha value is -2.84. The minimum Gasteiger partial charge on any atom is -0.483 e. The van der Waals surface area contributed by atoms with E-state index >= 15 is 0 Å². The molecular formula is C30H40N4O4. The number of aromatic nitrogens is 1. The number of amides is 1. The lowest BCUT2D eigenvalue weighted by atomic mass is 9.87. The second-order valence-corrected chi connectivity index (χ2v) is 12.3. The number of carbonyl (C=O) groups is 1. The van der Waals surface area contributed by atoms with E-state index in [0.717, 1.165) is 75.1 Å². The third kappa shape index (κ3) is 4.84. The van der Waals surface area contributed by atoms with Gasteiger partial charge < -0.3 is 24.4 Å². The van der Waals surface area contributed by atoms with Crippen LogP contribution in [0.25, 0.3) is 0 Å². The summed E-state index contributed by atoms with van der Waals surface area (Å²) in [6, 6.07) is 7.12. The summed E-state index contributed by atoms with van der Waals surface area (Å²) < 4.78 is 17.7. The molecule has 8 nitrogen and oxygen atoms in total. The summed E-state index contributed by atoms with van der Waals surface area (Å²) in [5.74, 6) is 2.77. The molecule has 4 aliphatic rings. The van der Waals surface area contributed by atoms with Gasteiger partial charge in [0.05, 0.1) is 5.69 Å². The topological polar surface area (TPSA) is 76.2 Å². The molecule has 204 valence electrons. The van der Waals surface area contributed by atoms with E-state index in [1.54, 1.807) is 4.90 Å². The molecule has 3 saturated heterocycles. The predicted molar refractivity (Wildman–Crippen MR) is 146 cm³/mol. The number of likely N-dealkylation sites (tertiary alicyclic amines) is 2. The number of benzene rings is 1. The van der Waals surface area contributed by atoms with Crippen LogP contribution >= 0.6 is 0 Å². The molecule has 0 saturated carbocycles. The van der Waals surface area contributed by atoms with Crippen LogP contribution in [0.5, 0.6) is 5.75 Å². The molecule has 1 N–H and O–H groups in total. The molecule has 0 unspecified atom stereocenters. The van der Waals surface area contributed by atoms with Gasteiger partial charge in [0.2, 0.25) is 0 Å². The molecular weight excluding hydrogens is 480 g/mol. The van der Waals surface area contributed by atoms with Gasteiger partial charge in [0.25, 0.3) is 0 Å². The van der Waals surface area contributed by atoms with E-state index in [-0.39, 0.29) is 12.2 Å². The van der Waals surface area contributed by atoms with Crippen LogP contribution in [-0.4, -0.2) is 71.9 Å². The first-order chi connectivity index (χ1) is 18.2. The van der Waals surface area contributed by atoms with E-state index in [2.05, 4.69) is 42.3 Å². The summed E-state index contributed by atoms with van der Waals surface area (Å²) in [6.07, 6.45) is 3.71. The summed E-state index contributed by atoms with van der Waals surface area (Å²) in [4.78, 5) is 21.3. The van der Waals surface area contributed by atoms with Gasteiger partial charge in [0.15, 0.2) is 0 Å². The number of anilines is 2. The minimum atomic E-state index is -0.453. The van der Waals surface area contributed by atoms with Gasteiger partial charge in [-0.15, -0.1) is 0 Å². The van der Waals surface area contributed by atoms with Gasteiger partial charge in [-0.25, -0.2) is 9.78 Å². The van der Waals surface area contributed by atoms with Crippen molar-refractivity contribution in [1.29, 1.82) is 0 Å². The van der Waals surface area contributed by atoms with Crippen molar-refractivity contribution in [2.45, 2.75) is 77.0 Å². The number of ether oxygens (including phenoxy) is 3. The SMILES string of the molecule is Cc1cc(C2CN(C3CN(C(=O)OC(C)(C)C)C3)C2)cc2c1O[C@@H](C)c1c(C3CCOCC3)ccnc1N2. The van der Waals surface area contributed by atoms with Gasteiger partial charge >= 0.3 is 6.09 Å². The molecule has 2 aromatic rings. The molecule has 1 aromatic carbocycles. The number of fused-ring (bicyclic) bond motifs is 2. The number of pyridine rings is 1. The smallest absolute Gasteiger partial charge is 0.410 e. The van der Waals surface area contributed by atoms with Crippen molar-refractivity contribution in [1.82, 2.24) is 14.8 Å². The van der Waals surface area contributed by atoms with Crippen molar-refractivity contribution in [2.75, 3.05) is 44.7 Å². The van der Waals surface area contributed by atoms with Crippen molar-refractivity contribution < 1.29 is 19.0 Å². The number of hydrogen-bond acceptors (Lipinski definition) is 7. The number of rotatable bonds is 3. The highest BCUT2D eigenvalue weighted by atomic mass is 16.6. The highest BCUT2D eigenvalue weighted by Gasteiger charge is 2.42. The van der Waals surface area contributed by atoms with E-state index < -0.39 is 5.60 Å². The second kappa shape index (κ2) is 9.72. The fraction of sp³-hybridized carbons (Fsp3) is 0.600. The fourth-order valence-electron chi connectivity index (χ4n) is 6.21. The molecule has 0 spiro atoms. The Morgan fingerprint density at radius 3 is 2.55 bits per heavy atom. The molecule has 8 heteroatoms. The number of nitrogens with one attached hydrogen (secondary N) is 1. The van der Waals surface area contributed by atoms with Crippen molar-refractivity contribution in [3.63, 3.8) is 0 Å². The Bertz CT molecular complexity index is 1210. The highest BCUT2D eigenvalue weighted by Crippen LogP contribution is 2.45. The predicted octanol–water partition coefficient (Wildman–Crippen LogP) is 5.50. The normalized spacial score (nSPS) is 22.8. The molecule has 0 aliphatic carbocycles. The Morgan fingerprint density at radius 1 is 1.11 bits per heavy atom. The lowest BCUT2D eigenvalue weighted by Crippen LogP contribution is -2.66. The number of aryl methyl sites for hydroxylation is 1. The van der Waals surface area contributed by atoms with Crippen molar-refractivity contribution >= 4 is 17.6 Å². The molecule has 0 radical (unpaired) electrons. The molecule has 4 aliphatic heterocycles. The van der Waals surface area contributed by atoms with Crippen LogP contribution < -0.4 is 10.1 Å². The molecule has 3 fully saturated rings. The van der Waals surface area contributed by atoms with E-state index in [1.807, 2.05) is 27.0 Å². The van der Waals surface area contributed by atoms with Crippen molar-refractivity contribution in [3.05, 3.63) is 46.6 Å². The van der Waals surface area contributed by atoms with E-state index in [1.165, 1.54) is 16.7 Å². The maximum absolute atomic E-state index is 12.3. The maximum atomic E-state index is 12.3. The summed E-state index contributed by atoms with van der Waals surface area (Å²) in [5, 5.41) is 3.65. The largest absolute Gasteiger partial charge is 0.483 e. The van der Waals surface area contributed by atoms with Crippen LogP contribution in [0.4, 0.5) is 16.3 Å². The first-order valence-corrected chi connectivity index (χ1v) is 14.0. The van der Waals surface area contributed by atoms with Gasteiger partial charge in [-0.2, -0.15) is 0 Å². The summed E-state index contributed by atoms with van der Waals surface area (Å²) in [6.45, 7) is 15.1. The molecule has 1 amide bonds. The minimum absolute atomic E-state index is 0.0828. The van der Waals surface area contributed by atoms with Crippen LogP contribution in [-0.2, 0) is 9.47 Å². The lowest BCUT2D eigenvalue weighted by molar-refractivity contribution is -0.0338. The molecule has 6 rings (SSSR count). The zero-order chi connectivity index (χ0) is 26.6. The van der Waals surface area contributed by atoms with Crippen LogP contribution in [0.3, 0.4) is 0 Å². The summed E-state index contributed by atoms with van der Waals surface area (Å²) in [5.41, 5.74) is 5.53. The average Bonchev–Trinajstić information content (AvgIpc) is 2.95. The van der Waals surface area contributed by atoms with Crippen LogP contribution in [0.15, 0.2) is 24.4 Å². The molecule has 1 atom stereocenters. The van der Waals surface area contributed by atoms with Gasteiger partial charge in [-0.1, -0.05) is 6.07 Å². The van der Waals surface area contributed by atoms with Gasteiger partial charge in [0.1, 0.15) is 23.3 Å². The van der Waals surface area contributed by atoms with Crippen molar-refractivity contribution in [3.8, 4) is 5.75 Å². The van der Waals surface area contributed by atoms with E-state index in [4.69, 9.17) is 19.2 Å². The molecule has 5 heterocycles. The Balaban J connectivity index is 1.14. The first-order valence-electron chi connectivity index (χ1n) is 14.0. The molecule has 0 bridgehead atoms. The third-order valence-electron chi connectivity index (χ3n) is 8.35. The van der Waals surface area contributed by atoms with Crippen molar-refractivity contribution in [2.24, 2.45) is 0 Å². The maximum Gasteiger partial charge on any atom is 0.410 e.